The number of rotatable bonds is 4. The van der Waals surface area contributed by atoms with Crippen LogP contribution in [0.1, 0.15) is 36.6 Å². The third-order valence-electron chi connectivity index (χ3n) is 3.32. The van der Waals surface area contributed by atoms with Crippen LogP contribution >= 0.6 is 0 Å². The molecule has 1 atom stereocenters. The van der Waals surface area contributed by atoms with Crippen LogP contribution in [-0.2, 0) is 6.54 Å². The molecule has 20 heavy (non-hydrogen) atoms. The number of nitrogens with zero attached hydrogens (tertiary/aromatic N) is 3. The largest absolute Gasteiger partial charge is 0.378 e. The maximum Gasteiger partial charge on any atom is 0.129 e. The second kappa shape index (κ2) is 5.74. The minimum Gasteiger partial charge on any atom is -0.378 e. The van der Waals surface area contributed by atoms with E-state index in [9.17, 15) is 4.39 Å². The second-order valence-corrected chi connectivity index (χ2v) is 4.74. The van der Waals surface area contributed by atoms with Crippen molar-refractivity contribution in [3.05, 3.63) is 47.0 Å². The van der Waals surface area contributed by atoms with E-state index in [1.165, 1.54) is 6.07 Å². The highest BCUT2D eigenvalue weighted by atomic mass is 19.1. The Kier molecular flexibility index (Phi) is 4.04. The highest BCUT2D eigenvalue weighted by molar-refractivity contribution is 5.56. The van der Waals surface area contributed by atoms with Gasteiger partial charge in [0, 0.05) is 29.6 Å². The van der Waals surface area contributed by atoms with Crippen molar-refractivity contribution < 1.29 is 4.39 Å². The van der Waals surface area contributed by atoms with Crippen molar-refractivity contribution in [2.45, 2.75) is 33.4 Å². The van der Waals surface area contributed by atoms with Crippen LogP contribution in [0.5, 0.6) is 0 Å². The highest BCUT2D eigenvalue weighted by Gasteiger charge is 2.12. The molecule has 0 amide bonds. The first-order valence-electron chi connectivity index (χ1n) is 6.54. The lowest BCUT2D eigenvalue weighted by molar-refractivity contribution is 0.618. The maximum atomic E-state index is 13.7. The van der Waals surface area contributed by atoms with E-state index in [0.29, 0.717) is 16.8 Å². The quantitative estimate of drug-likeness (QED) is 0.928. The Hall–Kier alpha value is -2.35. The third-order valence-corrected chi connectivity index (χ3v) is 3.32. The molecule has 0 aliphatic carbocycles. The average Bonchev–Trinajstić information content (AvgIpc) is 2.92. The minimum atomic E-state index is -0.372. The molecule has 0 saturated carbocycles. The van der Waals surface area contributed by atoms with Crippen LogP contribution in [-0.4, -0.2) is 9.78 Å². The van der Waals surface area contributed by atoms with E-state index in [1.807, 2.05) is 30.8 Å². The van der Waals surface area contributed by atoms with E-state index in [4.69, 9.17) is 5.26 Å². The minimum absolute atomic E-state index is 0.0117. The molecule has 0 radical (unpaired) electrons. The van der Waals surface area contributed by atoms with E-state index in [-0.39, 0.29) is 11.9 Å². The van der Waals surface area contributed by atoms with Crippen molar-refractivity contribution in [2.24, 2.45) is 0 Å². The lowest BCUT2D eigenvalue weighted by atomic mass is 10.1. The Bertz CT molecular complexity index is 654. The van der Waals surface area contributed by atoms with Crippen LogP contribution in [0, 0.1) is 24.1 Å². The number of nitriles is 1. The third kappa shape index (κ3) is 2.80. The number of hydrogen-bond donors (Lipinski definition) is 1. The van der Waals surface area contributed by atoms with Crippen molar-refractivity contribution in [1.82, 2.24) is 9.78 Å². The van der Waals surface area contributed by atoms with E-state index in [0.717, 1.165) is 12.1 Å². The smallest absolute Gasteiger partial charge is 0.129 e. The number of nitrogens with one attached hydrogen (secondary N) is 1. The molecule has 1 unspecified atom stereocenters. The van der Waals surface area contributed by atoms with Gasteiger partial charge in [-0.05, 0) is 32.9 Å². The van der Waals surface area contributed by atoms with Gasteiger partial charge >= 0.3 is 0 Å². The molecule has 0 bridgehead atoms. The molecule has 0 spiro atoms. The highest BCUT2D eigenvalue weighted by Crippen LogP contribution is 2.25. The Balaban J connectivity index is 2.25. The number of benzene rings is 1. The molecule has 4 nitrogen and oxygen atoms in total. The van der Waals surface area contributed by atoms with Crippen molar-refractivity contribution >= 4 is 5.69 Å². The summed E-state index contributed by atoms with van der Waals surface area (Å²) in [5, 5.41) is 16.4. The Morgan fingerprint density at radius 2 is 2.25 bits per heavy atom. The van der Waals surface area contributed by atoms with E-state index in [1.54, 1.807) is 19.2 Å². The van der Waals surface area contributed by atoms with Crippen molar-refractivity contribution in [3.8, 4) is 6.07 Å². The van der Waals surface area contributed by atoms with Crippen molar-refractivity contribution in [2.75, 3.05) is 5.32 Å². The normalized spacial score (nSPS) is 11.9. The monoisotopic (exact) mass is 272 g/mol. The summed E-state index contributed by atoms with van der Waals surface area (Å²) in [6.07, 6.45) is 3.75. The fourth-order valence-electron chi connectivity index (χ4n) is 1.99. The molecule has 104 valence electrons. The topological polar surface area (TPSA) is 53.6 Å². The molecule has 0 saturated heterocycles. The number of halogens is 1. The lowest BCUT2D eigenvalue weighted by Crippen LogP contribution is -2.08. The number of aromatic nitrogens is 2. The fourth-order valence-corrected chi connectivity index (χ4v) is 1.99. The van der Waals surface area contributed by atoms with Crippen molar-refractivity contribution in [3.63, 3.8) is 0 Å². The van der Waals surface area contributed by atoms with Crippen LogP contribution in [0.25, 0.3) is 0 Å². The van der Waals surface area contributed by atoms with Crippen LogP contribution < -0.4 is 5.32 Å². The molecular weight excluding hydrogens is 255 g/mol. The van der Waals surface area contributed by atoms with Crippen LogP contribution in [0.4, 0.5) is 10.1 Å². The first kappa shape index (κ1) is 14.1. The number of aryl methyl sites for hydroxylation is 1. The first-order chi connectivity index (χ1) is 9.55. The summed E-state index contributed by atoms with van der Waals surface area (Å²) in [5.74, 6) is -0.372. The summed E-state index contributed by atoms with van der Waals surface area (Å²) in [6.45, 7) is 6.50. The fraction of sp³-hybridized carbons (Fsp3) is 0.333. The molecule has 2 aromatic rings. The molecule has 1 heterocycles. The molecular formula is C15H17FN4. The van der Waals surface area contributed by atoms with Gasteiger partial charge in [-0.3, -0.25) is 4.68 Å². The van der Waals surface area contributed by atoms with Gasteiger partial charge in [-0.25, -0.2) is 4.39 Å². The first-order valence-corrected chi connectivity index (χ1v) is 6.54. The predicted molar refractivity (Wildman–Crippen MR) is 75.8 cm³/mol. The molecule has 1 aromatic heterocycles. The lowest BCUT2D eigenvalue weighted by Gasteiger charge is -2.16. The summed E-state index contributed by atoms with van der Waals surface area (Å²) in [7, 11) is 0. The summed E-state index contributed by atoms with van der Waals surface area (Å²) in [5.41, 5.74) is 2.48. The number of anilines is 1. The average molecular weight is 272 g/mol. The van der Waals surface area contributed by atoms with Gasteiger partial charge in [-0.2, -0.15) is 10.4 Å². The van der Waals surface area contributed by atoms with E-state index < -0.39 is 0 Å². The zero-order valence-corrected chi connectivity index (χ0v) is 11.8. The SMILES string of the molecule is CCn1cc(C(C)Nc2cc(C#N)cc(F)c2C)cn1. The van der Waals surface area contributed by atoms with Gasteiger partial charge in [0.25, 0.3) is 0 Å². The summed E-state index contributed by atoms with van der Waals surface area (Å²) >= 11 is 0. The van der Waals surface area contributed by atoms with Gasteiger partial charge in [0.1, 0.15) is 5.82 Å². The second-order valence-electron chi connectivity index (χ2n) is 4.74. The predicted octanol–water partition coefficient (Wildman–Crippen LogP) is 3.40. The van der Waals surface area contributed by atoms with Gasteiger partial charge in [0.2, 0.25) is 0 Å². The molecule has 0 fully saturated rings. The Morgan fingerprint density at radius 3 is 2.85 bits per heavy atom. The summed E-state index contributed by atoms with van der Waals surface area (Å²) in [4.78, 5) is 0. The zero-order valence-electron chi connectivity index (χ0n) is 11.8. The van der Waals surface area contributed by atoms with Crippen LogP contribution in [0.15, 0.2) is 24.5 Å². The van der Waals surface area contributed by atoms with Gasteiger partial charge in [0.05, 0.1) is 23.9 Å². The standard InChI is InChI=1S/C15H17FN4/c1-4-20-9-13(8-18-20)11(3)19-15-6-12(7-17)5-14(16)10(15)2/h5-6,8-9,11,19H,4H2,1-3H3. The van der Waals surface area contributed by atoms with Gasteiger partial charge in [0.15, 0.2) is 0 Å². The molecule has 0 aliphatic rings. The molecule has 1 N–H and O–H groups in total. The van der Waals surface area contributed by atoms with E-state index in [2.05, 4.69) is 10.4 Å². The molecule has 5 heteroatoms. The molecule has 1 aromatic carbocycles. The molecule has 0 aliphatic heterocycles. The number of hydrogen-bond acceptors (Lipinski definition) is 3. The Morgan fingerprint density at radius 1 is 1.50 bits per heavy atom. The zero-order chi connectivity index (χ0) is 14.7. The van der Waals surface area contributed by atoms with Crippen molar-refractivity contribution in [1.29, 1.82) is 5.26 Å². The van der Waals surface area contributed by atoms with E-state index >= 15 is 0 Å². The van der Waals surface area contributed by atoms with Gasteiger partial charge < -0.3 is 5.32 Å². The van der Waals surface area contributed by atoms with Gasteiger partial charge in [-0.15, -0.1) is 0 Å². The van der Waals surface area contributed by atoms with Crippen LogP contribution in [0.3, 0.4) is 0 Å². The maximum absolute atomic E-state index is 13.7. The van der Waals surface area contributed by atoms with Gasteiger partial charge in [-0.1, -0.05) is 0 Å². The molecule has 2 rings (SSSR count). The summed E-state index contributed by atoms with van der Waals surface area (Å²) < 4.78 is 15.6. The Labute approximate surface area is 117 Å². The van der Waals surface area contributed by atoms with Crippen LogP contribution in [0.2, 0.25) is 0 Å². The summed E-state index contributed by atoms with van der Waals surface area (Å²) in [6, 6.07) is 4.87.